The van der Waals surface area contributed by atoms with Crippen LogP contribution in [0.15, 0.2) is 16.5 Å². The summed E-state index contributed by atoms with van der Waals surface area (Å²) in [6.45, 7) is 0. The number of hydrogen-bond donors (Lipinski definition) is 1. The predicted molar refractivity (Wildman–Crippen MR) is 54.8 cm³/mol. The van der Waals surface area contributed by atoms with Crippen molar-refractivity contribution in [2.24, 2.45) is 0 Å². The van der Waals surface area contributed by atoms with Crippen LogP contribution in [0.25, 0.3) is 0 Å². The molecule has 0 saturated heterocycles. The molecule has 0 N–H and O–H groups in total. The minimum Gasteiger partial charge on any atom is -0.288 e. The summed E-state index contributed by atoms with van der Waals surface area (Å²) in [7, 11) is 1.14. The zero-order chi connectivity index (χ0) is 9.42. The van der Waals surface area contributed by atoms with Gasteiger partial charge in [0.05, 0.1) is 0 Å². The molecule has 1 aromatic rings. The van der Waals surface area contributed by atoms with E-state index < -0.39 is 0 Å². The molecule has 13 heavy (non-hydrogen) atoms. The summed E-state index contributed by atoms with van der Waals surface area (Å²) in [6.07, 6.45) is 2.52. The monoisotopic (exact) mass is 229 g/mol. The number of nitrogens with zero attached hydrogens (tertiary/aromatic N) is 1. The molecule has 0 aromatic carbocycles. The van der Waals surface area contributed by atoms with E-state index in [1.54, 1.807) is 0 Å². The number of allylic oxidation sites excluding steroid dienone is 2. The maximum atomic E-state index is 11.3. The molecule has 66 valence electrons. The SMILES string of the molecule is O=C1C=CC(=O)c2sc(SS)nc21. The average Bonchev–Trinajstić information content (AvgIpc) is 2.56. The van der Waals surface area contributed by atoms with Gasteiger partial charge < -0.3 is 0 Å². The van der Waals surface area contributed by atoms with Gasteiger partial charge in [-0.3, -0.25) is 9.59 Å². The zero-order valence-corrected chi connectivity index (χ0v) is 8.71. The number of rotatable bonds is 1. The molecule has 0 unspecified atom stereocenters. The van der Waals surface area contributed by atoms with Crippen LogP contribution in [0.3, 0.4) is 0 Å². The Morgan fingerprint density at radius 3 is 2.62 bits per heavy atom. The third-order valence-corrected chi connectivity index (χ3v) is 4.03. The molecular weight excluding hydrogens is 226 g/mol. The third-order valence-electron chi connectivity index (χ3n) is 1.53. The molecular formula is C7H3NO2S3. The van der Waals surface area contributed by atoms with E-state index in [9.17, 15) is 9.59 Å². The van der Waals surface area contributed by atoms with Crippen molar-refractivity contribution >= 4 is 45.4 Å². The summed E-state index contributed by atoms with van der Waals surface area (Å²) in [4.78, 5) is 26.9. The molecule has 0 saturated carbocycles. The van der Waals surface area contributed by atoms with Crippen molar-refractivity contribution in [1.29, 1.82) is 0 Å². The highest BCUT2D eigenvalue weighted by molar-refractivity contribution is 8.69. The second-order valence-corrected chi connectivity index (χ2v) is 4.69. The summed E-state index contributed by atoms with van der Waals surface area (Å²) in [5.41, 5.74) is 0.258. The molecule has 1 heterocycles. The zero-order valence-electron chi connectivity index (χ0n) is 6.18. The van der Waals surface area contributed by atoms with Crippen LogP contribution >= 0.6 is 33.8 Å². The fourth-order valence-electron chi connectivity index (χ4n) is 0.980. The van der Waals surface area contributed by atoms with Crippen molar-refractivity contribution in [2.75, 3.05) is 0 Å². The molecule has 3 nitrogen and oxygen atoms in total. The van der Waals surface area contributed by atoms with Crippen LogP contribution in [0.2, 0.25) is 0 Å². The first-order valence-corrected chi connectivity index (χ1v) is 6.00. The van der Waals surface area contributed by atoms with Crippen LogP contribution in [0, 0.1) is 0 Å². The fourth-order valence-corrected chi connectivity index (χ4v) is 2.69. The van der Waals surface area contributed by atoms with Gasteiger partial charge in [-0.25, -0.2) is 4.98 Å². The van der Waals surface area contributed by atoms with E-state index in [2.05, 4.69) is 16.6 Å². The quantitative estimate of drug-likeness (QED) is 0.591. The van der Waals surface area contributed by atoms with E-state index in [-0.39, 0.29) is 17.3 Å². The predicted octanol–water partition coefficient (Wildman–Crippen LogP) is 2.02. The smallest absolute Gasteiger partial charge is 0.205 e. The molecule has 0 bridgehead atoms. The highest BCUT2D eigenvalue weighted by Gasteiger charge is 2.24. The largest absolute Gasteiger partial charge is 0.288 e. The standard InChI is InChI=1S/C7H3NO2S3/c9-3-1-2-4(10)6-5(3)8-7(12-6)13-11/h1-2,11H. The minimum atomic E-state index is -0.209. The minimum absolute atomic E-state index is 0.152. The Balaban J connectivity index is 2.58. The van der Waals surface area contributed by atoms with E-state index >= 15 is 0 Å². The number of ketones is 2. The highest BCUT2D eigenvalue weighted by atomic mass is 33.1. The van der Waals surface area contributed by atoms with E-state index in [1.165, 1.54) is 23.5 Å². The van der Waals surface area contributed by atoms with E-state index in [1.807, 2.05) is 0 Å². The number of fused-ring (bicyclic) bond motifs is 1. The van der Waals surface area contributed by atoms with Gasteiger partial charge in [0.25, 0.3) is 0 Å². The molecule has 6 heteroatoms. The maximum absolute atomic E-state index is 11.3. The first kappa shape index (κ1) is 8.98. The molecule has 0 radical (unpaired) electrons. The van der Waals surface area contributed by atoms with Gasteiger partial charge in [-0.15, -0.1) is 23.0 Å². The van der Waals surface area contributed by atoms with Gasteiger partial charge >= 0.3 is 0 Å². The van der Waals surface area contributed by atoms with Crippen molar-refractivity contribution < 1.29 is 9.59 Å². The van der Waals surface area contributed by atoms with Crippen LogP contribution in [0.5, 0.6) is 0 Å². The summed E-state index contributed by atoms with van der Waals surface area (Å²) >= 11 is 5.15. The van der Waals surface area contributed by atoms with Gasteiger partial charge in [-0.2, -0.15) is 0 Å². The molecule has 1 aliphatic rings. The molecule has 1 aromatic heterocycles. The normalized spacial score (nSPS) is 14.8. The Bertz CT molecular complexity index is 386. The van der Waals surface area contributed by atoms with Gasteiger partial charge in [0, 0.05) is 0 Å². The van der Waals surface area contributed by atoms with E-state index in [0.29, 0.717) is 9.22 Å². The van der Waals surface area contributed by atoms with Crippen molar-refractivity contribution in [3.05, 3.63) is 22.7 Å². The molecule has 0 amide bonds. The number of carbonyl (C=O) groups excluding carboxylic acids is 2. The van der Waals surface area contributed by atoms with Crippen molar-refractivity contribution in [1.82, 2.24) is 4.98 Å². The number of aromatic nitrogens is 1. The molecule has 0 aliphatic heterocycles. The van der Waals surface area contributed by atoms with E-state index in [4.69, 9.17) is 0 Å². The van der Waals surface area contributed by atoms with Gasteiger partial charge in [0.15, 0.2) is 10.1 Å². The summed E-state index contributed by atoms with van der Waals surface area (Å²) in [5, 5.41) is 0. The fraction of sp³-hybridized carbons (Fsp3) is 0. The molecule has 2 rings (SSSR count). The van der Waals surface area contributed by atoms with Crippen molar-refractivity contribution in [3.63, 3.8) is 0 Å². The Labute approximate surface area is 87.1 Å². The number of hydrogen-bond acceptors (Lipinski definition) is 6. The van der Waals surface area contributed by atoms with Crippen LogP contribution in [-0.2, 0) is 0 Å². The maximum Gasteiger partial charge on any atom is 0.205 e. The second kappa shape index (κ2) is 3.28. The molecule has 0 fully saturated rings. The van der Waals surface area contributed by atoms with Crippen LogP contribution in [0.1, 0.15) is 20.2 Å². The van der Waals surface area contributed by atoms with Crippen molar-refractivity contribution in [3.8, 4) is 0 Å². The number of thiazole rings is 1. The lowest BCUT2D eigenvalue weighted by Crippen LogP contribution is -2.08. The summed E-state index contributed by atoms with van der Waals surface area (Å²) in [5.74, 6) is -0.361. The number of thiol groups is 1. The Kier molecular flexibility index (Phi) is 2.27. The Morgan fingerprint density at radius 1 is 1.31 bits per heavy atom. The van der Waals surface area contributed by atoms with E-state index in [0.717, 1.165) is 10.8 Å². The first-order valence-electron chi connectivity index (χ1n) is 3.31. The number of carbonyl (C=O) groups is 2. The highest BCUT2D eigenvalue weighted by Crippen LogP contribution is 2.31. The summed E-state index contributed by atoms with van der Waals surface area (Å²) < 4.78 is 0.624. The van der Waals surface area contributed by atoms with Gasteiger partial charge in [0.1, 0.15) is 10.6 Å². The van der Waals surface area contributed by atoms with Gasteiger partial charge in [-0.1, -0.05) is 0 Å². The van der Waals surface area contributed by atoms with Crippen LogP contribution < -0.4 is 0 Å². The van der Waals surface area contributed by atoms with Crippen LogP contribution in [0.4, 0.5) is 0 Å². The molecule has 0 spiro atoms. The Morgan fingerprint density at radius 2 is 2.00 bits per heavy atom. The lowest BCUT2D eigenvalue weighted by Gasteiger charge is -1.98. The molecule has 1 aliphatic carbocycles. The van der Waals surface area contributed by atoms with Crippen molar-refractivity contribution in [2.45, 2.75) is 4.34 Å². The topological polar surface area (TPSA) is 47.0 Å². The van der Waals surface area contributed by atoms with Crippen LogP contribution in [-0.4, -0.2) is 16.6 Å². The lowest BCUT2D eigenvalue weighted by molar-refractivity contribution is 0.0994. The van der Waals surface area contributed by atoms with Gasteiger partial charge in [-0.05, 0) is 22.9 Å². The summed E-state index contributed by atoms with van der Waals surface area (Å²) in [6, 6.07) is 0. The van der Waals surface area contributed by atoms with Gasteiger partial charge in [0.2, 0.25) is 5.78 Å². The Hall–Kier alpha value is -0.590. The lowest BCUT2D eigenvalue weighted by atomic mass is 10.1. The average molecular weight is 229 g/mol. The second-order valence-electron chi connectivity index (χ2n) is 2.31. The molecule has 0 atom stereocenters. The third kappa shape index (κ3) is 1.45. The first-order chi connectivity index (χ1) is 6.22.